The molecule has 170 valence electrons. The molecule has 0 amide bonds. The number of hydrogen-bond acceptors (Lipinski definition) is 12. The predicted octanol–water partition coefficient (Wildman–Crippen LogP) is 4.37. The van der Waals surface area contributed by atoms with Crippen LogP contribution < -0.4 is 5.73 Å². The van der Waals surface area contributed by atoms with Crippen LogP contribution in [0.5, 0.6) is 17.2 Å². The van der Waals surface area contributed by atoms with Crippen molar-refractivity contribution in [2.45, 2.75) is 4.90 Å². The van der Waals surface area contributed by atoms with Crippen molar-refractivity contribution in [2.75, 3.05) is 5.73 Å². The van der Waals surface area contributed by atoms with Crippen LogP contribution in [0.2, 0.25) is 0 Å². The summed E-state index contributed by atoms with van der Waals surface area (Å²) in [6.45, 7) is 0. The molecule has 0 fully saturated rings. The highest BCUT2D eigenvalue weighted by Crippen LogP contribution is 2.41. The number of nitro groups is 1. The number of para-hydroxylation sites is 1. The van der Waals surface area contributed by atoms with Crippen LogP contribution in [0.15, 0.2) is 73.9 Å². The molecule has 0 aliphatic heterocycles. The smallest absolute Gasteiger partial charge is 0.298 e. The van der Waals surface area contributed by atoms with Crippen molar-refractivity contribution in [1.82, 2.24) is 0 Å². The van der Waals surface area contributed by atoms with Gasteiger partial charge in [0.2, 0.25) is 0 Å². The Labute approximate surface area is 184 Å². The fourth-order valence-corrected chi connectivity index (χ4v) is 3.10. The largest absolute Gasteiger partial charge is 0.505 e. The standard InChI is InChI=1S/C18H14N6O8S/c19-10-6-9(4-5-14(10)24(28)29)20-22-12-7-13(16(26)8-15(12)25)23-21-11-2-1-3-17(18(11)27)33(30,31)32/h1-8,25-27H,19H2,(H,30,31,32). The van der Waals surface area contributed by atoms with Gasteiger partial charge in [-0.3, -0.25) is 14.7 Å². The monoisotopic (exact) mass is 474 g/mol. The Morgan fingerprint density at radius 1 is 0.848 bits per heavy atom. The van der Waals surface area contributed by atoms with Crippen LogP contribution in [0.25, 0.3) is 0 Å². The Hall–Kier alpha value is -4.63. The highest BCUT2D eigenvalue weighted by atomic mass is 32.2. The summed E-state index contributed by atoms with van der Waals surface area (Å²) in [7, 11) is -4.71. The first-order chi connectivity index (χ1) is 15.5. The van der Waals surface area contributed by atoms with Crippen LogP contribution in [0.3, 0.4) is 0 Å². The molecule has 0 heterocycles. The average Bonchev–Trinajstić information content (AvgIpc) is 2.72. The first kappa shape index (κ1) is 23.0. The Morgan fingerprint density at radius 2 is 1.45 bits per heavy atom. The molecule has 0 aliphatic rings. The van der Waals surface area contributed by atoms with Gasteiger partial charge in [0.15, 0.2) is 5.75 Å². The molecule has 33 heavy (non-hydrogen) atoms. The fraction of sp³-hybridized carbons (Fsp3) is 0. The van der Waals surface area contributed by atoms with Gasteiger partial charge in [-0.15, -0.1) is 15.3 Å². The van der Waals surface area contributed by atoms with Gasteiger partial charge in [-0.1, -0.05) is 6.07 Å². The molecule has 0 bridgehead atoms. The van der Waals surface area contributed by atoms with E-state index in [1.54, 1.807) is 0 Å². The zero-order valence-electron chi connectivity index (χ0n) is 16.3. The van der Waals surface area contributed by atoms with Crippen LogP contribution >= 0.6 is 0 Å². The Kier molecular flexibility index (Phi) is 6.18. The molecular weight excluding hydrogens is 460 g/mol. The molecule has 3 aromatic carbocycles. The van der Waals surface area contributed by atoms with E-state index in [0.29, 0.717) is 0 Å². The lowest BCUT2D eigenvalue weighted by atomic mass is 10.2. The van der Waals surface area contributed by atoms with Crippen molar-refractivity contribution in [3.63, 3.8) is 0 Å². The number of hydrogen-bond donors (Lipinski definition) is 5. The molecule has 0 saturated carbocycles. The first-order valence-electron chi connectivity index (χ1n) is 8.70. The molecule has 0 radical (unpaired) electrons. The second-order valence-corrected chi connectivity index (χ2v) is 7.72. The average molecular weight is 474 g/mol. The van der Waals surface area contributed by atoms with E-state index in [9.17, 15) is 33.9 Å². The Bertz CT molecular complexity index is 1420. The summed E-state index contributed by atoms with van der Waals surface area (Å²) in [5.74, 6) is -1.88. The number of nitrogens with zero attached hydrogens (tertiary/aromatic N) is 5. The number of nitrogens with two attached hydrogens (primary N) is 1. The number of rotatable bonds is 6. The van der Waals surface area contributed by atoms with Crippen LogP contribution in [-0.4, -0.2) is 33.2 Å². The van der Waals surface area contributed by atoms with E-state index >= 15 is 0 Å². The van der Waals surface area contributed by atoms with Gasteiger partial charge in [0.05, 0.1) is 10.6 Å². The highest BCUT2D eigenvalue weighted by molar-refractivity contribution is 7.86. The van der Waals surface area contributed by atoms with E-state index in [1.165, 1.54) is 24.3 Å². The molecule has 3 rings (SSSR count). The molecule has 14 nitrogen and oxygen atoms in total. The topological polar surface area (TPSA) is 234 Å². The van der Waals surface area contributed by atoms with Crippen molar-refractivity contribution in [1.29, 1.82) is 0 Å². The van der Waals surface area contributed by atoms with Crippen molar-refractivity contribution >= 4 is 44.2 Å². The maximum absolute atomic E-state index is 11.3. The minimum absolute atomic E-state index is 0.140. The zero-order valence-corrected chi connectivity index (χ0v) is 17.1. The molecule has 0 spiro atoms. The molecule has 6 N–H and O–H groups in total. The number of benzene rings is 3. The number of nitro benzene ring substituents is 1. The van der Waals surface area contributed by atoms with Crippen LogP contribution in [0.1, 0.15) is 0 Å². The molecule has 3 aromatic rings. The first-order valence-corrected chi connectivity index (χ1v) is 10.1. The van der Waals surface area contributed by atoms with Gasteiger partial charge < -0.3 is 21.1 Å². The Balaban J connectivity index is 1.93. The third-order valence-corrected chi connectivity index (χ3v) is 4.96. The molecule has 0 atom stereocenters. The summed E-state index contributed by atoms with van der Waals surface area (Å²) in [4.78, 5) is 9.37. The maximum atomic E-state index is 11.3. The van der Waals surface area contributed by atoms with Gasteiger partial charge in [-0.2, -0.15) is 13.5 Å². The summed E-state index contributed by atoms with van der Waals surface area (Å²) >= 11 is 0. The van der Waals surface area contributed by atoms with E-state index in [2.05, 4.69) is 20.5 Å². The maximum Gasteiger partial charge on any atom is 0.298 e. The van der Waals surface area contributed by atoms with Crippen LogP contribution in [0, 0.1) is 10.1 Å². The van der Waals surface area contributed by atoms with E-state index in [-0.39, 0.29) is 34.1 Å². The predicted molar refractivity (Wildman–Crippen MR) is 114 cm³/mol. The van der Waals surface area contributed by atoms with E-state index in [0.717, 1.165) is 24.3 Å². The molecule has 0 aliphatic carbocycles. The lowest BCUT2D eigenvalue weighted by Gasteiger charge is -2.04. The second-order valence-electron chi connectivity index (χ2n) is 6.33. The fourth-order valence-electron chi connectivity index (χ4n) is 2.50. The summed E-state index contributed by atoms with van der Waals surface area (Å²) < 4.78 is 31.7. The molecule has 0 aromatic heterocycles. The summed E-state index contributed by atoms with van der Waals surface area (Å²) in [5.41, 5.74) is 4.52. The second kappa shape index (κ2) is 8.85. The third kappa shape index (κ3) is 5.17. The summed E-state index contributed by atoms with van der Waals surface area (Å²) in [6.07, 6.45) is 0. The summed E-state index contributed by atoms with van der Waals surface area (Å²) in [5, 5.41) is 55.7. The van der Waals surface area contributed by atoms with Gasteiger partial charge in [0, 0.05) is 18.2 Å². The number of anilines is 1. The summed E-state index contributed by atoms with van der Waals surface area (Å²) in [6, 6.07) is 8.93. The number of aromatic hydroxyl groups is 3. The van der Waals surface area contributed by atoms with E-state index in [1.807, 2.05) is 0 Å². The lowest BCUT2D eigenvalue weighted by Crippen LogP contribution is -1.97. The third-order valence-electron chi connectivity index (χ3n) is 4.07. The van der Waals surface area contributed by atoms with Gasteiger partial charge in [-0.25, -0.2) is 0 Å². The lowest BCUT2D eigenvalue weighted by molar-refractivity contribution is -0.383. The number of nitrogen functional groups attached to an aromatic ring is 1. The van der Waals surface area contributed by atoms with Crippen LogP contribution in [-0.2, 0) is 10.1 Å². The van der Waals surface area contributed by atoms with Crippen LogP contribution in [0.4, 0.5) is 34.1 Å². The normalized spacial score (nSPS) is 11.9. The minimum Gasteiger partial charge on any atom is -0.505 e. The Morgan fingerprint density at radius 3 is 2.03 bits per heavy atom. The van der Waals surface area contributed by atoms with Gasteiger partial charge in [0.1, 0.15) is 39.1 Å². The van der Waals surface area contributed by atoms with Crippen molar-refractivity contribution < 1.29 is 33.2 Å². The van der Waals surface area contributed by atoms with E-state index in [4.69, 9.17) is 10.3 Å². The van der Waals surface area contributed by atoms with Crippen molar-refractivity contribution in [3.8, 4) is 17.2 Å². The van der Waals surface area contributed by atoms with Gasteiger partial charge >= 0.3 is 0 Å². The molecular formula is C18H14N6O8S. The number of phenols is 3. The molecule has 15 heteroatoms. The number of azo groups is 2. The SMILES string of the molecule is Nc1cc(N=Nc2cc(N=Nc3cccc(S(=O)(=O)O)c3O)c(O)cc2O)ccc1[N+](=O)[O-]. The molecule has 0 saturated heterocycles. The number of phenolic OH excluding ortho intramolecular Hbond substituents is 3. The minimum atomic E-state index is -4.71. The van der Waals surface area contributed by atoms with Crippen molar-refractivity contribution in [3.05, 3.63) is 58.6 Å². The van der Waals surface area contributed by atoms with Gasteiger partial charge in [0.25, 0.3) is 15.8 Å². The highest BCUT2D eigenvalue weighted by Gasteiger charge is 2.18. The van der Waals surface area contributed by atoms with Gasteiger partial charge in [-0.05, 0) is 24.3 Å². The molecule has 0 unspecified atom stereocenters. The quantitative estimate of drug-likeness (QED) is 0.112. The zero-order chi connectivity index (χ0) is 24.3. The van der Waals surface area contributed by atoms with Crippen molar-refractivity contribution in [2.24, 2.45) is 20.5 Å². The van der Waals surface area contributed by atoms with E-state index < -0.39 is 37.2 Å².